The molecule has 1 aromatic heterocycles. The van der Waals surface area contributed by atoms with Crippen LogP contribution in [0.5, 0.6) is 5.75 Å². The zero-order chi connectivity index (χ0) is 19.1. The number of benzene rings is 2. The molecule has 4 rings (SSSR count). The molecule has 7 nitrogen and oxygen atoms in total. The number of hydrogen-bond donors (Lipinski definition) is 3. The highest BCUT2D eigenvalue weighted by molar-refractivity contribution is 6.05. The summed E-state index contributed by atoms with van der Waals surface area (Å²) in [6.07, 6.45) is 0.754. The fourth-order valence-corrected chi connectivity index (χ4v) is 3.53. The van der Waals surface area contributed by atoms with Gasteiger partial charge in [0, 0.05) is 24.4 Å². The molecule has 2 aromatic carbocycles. The SMILES string of the molecule is CC[C@H]1C(=O)Nc2cc3nc(-c4ccc(NC(C)=O)cc4OC)[nH]c3cc21. The maximum absolute atomic E-state index is 12.1. The molecule has 0 spiro atoms. The molecule has 7 heteroatoms. The molecule has 0 saturated carbocycles. The van der Waals surface area contributed by atoms with Crippen molar-refractivity contribution in [2.75, 3.05) is 17.7 Å². The molecule has 2 amide bonds. The van der Waals surface area contributed by atoms with Gasteiger partial charge in [-0.15, -0.1) is 0 Å². The number of anilines is 2. The van der Waals surface area contributed by atoms with Gasteiger partial charge in [-0.2, -0.15) is 0 Å². The molecule has 0 unspecified atom stereocenters. The topological polar surface area (TPSA) is 96.1 Å². The number of aromatic nitrogens is 2. The van der Waals surface area contributed by atoms with Gasteiger partial charge < -0.3 is 20.4 Å². The van der Waals surface area contributed by atoms with E-state index in [1.165, 1.54) is 6.92 Å². The number of H-pyrrole nitrogens is 1. The summed E-state index contributed by atoms with van der Waals surface area (Å²) < 4.78 is 5.48. The Bertz CT molecular complexity index is 1070. The summed E-state index contributed by atoms with van der Waals surface area (Å²) in [7, 11) is 1.58. The fourth-order valence-electron chi connectivity index (χ4n) is 3.53. The number of ether oxygens (including phenoxy) is 1. The summed E-state index contributed by atoms with van der Waals surface area (Å²) in [6, 6.07) is 9.31. The molecule has 1 aliphatic heterocycles. The Hall–Kier alpha value is -3.35. The summed E-state index contributed by atoms with van der Waals surface area (Å²) in [5, 5.41) is 5.67. The van der Waals surface area contributed by atoms with Crippen molar-refractivity contribution in [2.45, 2.75) is 26.2 Å². The molecule has 0 saturated heterocycles. The van der Waals surface area contributed by atoms with E-state index in [2.05, 4.69) is 20.6 Å². The van der Waals surface area contributed by atoms with E-state index in [0.29, 0.717) is 17.3 Å². The van der Waals surface area contributed by atoms with Crippen LogP contribution in [0, 0.1) is 0 Å². The monoisotopic (exact) mass is 364 g/mol. The number of rotatable bonds is 4. The molecule has 3 N–H and O–H groups in total. The van der Waals surface area contributed by atoms with Gasteiger partial charge in [0.1, 0.15) is 11.6 Å². The van der Waals surface area contributed by atoms with Crippen LogP contribution in [0.15, 0.2) is 30.3 Å². The average Bonchev–Trinajstić information content (AvgIpc) is 3.17. The van der Waals surface area contributed by atoms with Gasteiger partial charge in [0.2, 0.25) is 11.8 Å². The van der Waals surface area contributed by atoms with Crippen LogP contribution in [-0.2, 0) is 9.59 Å². The number of methoxy groups -OCH3 is 1. The maximum Gasteiger partial charge on any atom is 0.231 e. The lowest BCUT2D eigenvalue weighted by Crippen LogP contribution is -2.10. The molecular weight excluding hydrogens is 344 g/mol. The Morgan fingerprint density at radius 3 is 2.81 bits per heavy atom. The normalized spacial score (nSPS) is 15.5. The highest BCUT2D eigenvalue weighted by Crippen LogP contribution is 2.38. The van der Waals surface area contributed by atoms with Crippen molar-refractivity contribution < 1.29 is 14.3 Å². The number of imidazole rings is 1. The van der Waals surface area contributed by atoms with E-state index in [9.17, 15) is 9.59 Å². The molecule has 0 aliphatic carbocycles. The van der Waals surface area contributed by atoms with E-state index in [1.807, 2.05) is 25.1 Å². The summed E-state index contributed by atoms with van der Waals surface area (Å²) in [6.45, 7) is 3.46. The first kappa shape index (κ1) is 17.1. The summed E-state index contributed by atoms with van der Waals surface area (Å²) >= 11 is 0. The van der Waals surface area contributed by atoms with E-state index in [0.717, 1.165) is 34.3 Å². The fraction of sp³-hybridized carbons (Fsp3) is 0.250. The minimum Gasteiger partial charge on any atom is -0.496 e. The average molecular weight is 364 g/mol. The predicted molar refractivity (Wildman–Crippen MR) is 104 cm³/mol. The lowest BCUT2D eigenvalue weighted by molar-refractivity contribution is -0.117. The van der Waals surface area contributed by atoms with Gasteiger partial charge >= 0.3 is 0 Å². The lowest BCUT2D eigenvalue weighted by atomic mass is 9.98. The smallest absolute Gasteiger partial charge is 0.231 e. The highest BCUT2D eigenvalue weighted by Gasteiger charge is 2.29. The standard InChI is InChI=1S/C20H20N4O3/c1-4-12-14-8-16-17(9-15(14)24-20(12)26)23-19(22-16)13-6-5-11(21-10(2)25)7-18(13)27-3/h5-9,12H,4H2,1-3H3,(H,21,25)(H,22,23)(H,24,26)/t12-/m1/s1. The van der Waals surface area contributed by atoms with Gasteiger partial charge in [-0.05, 0) is 36.2 Å². The third-order valence-corrected chi connectivity index (χ3v) is 4.79. The highest BCUT2D eigenvalue weighted by atomic mass is 16.5. The Morgan fingerprint density at radius 2 is 2.11 bits per heavy atom. The Labute approximate surface area is 156 Å². The Kier molecular flexibility index (Phi) is 4.07. The molecule has 3 aromatic rings. The van der Waals surface area contributed by atoms with E-state index >= 15 is 0 Å². The third kappa shape index (κ3) is 2.91. The minimum atomic E-state index is -0.143. The van der Waals surface area contributed by atoms with Crippen LogP contribution in [-0.4, -0.2) is 28.9 Å². The molecule has 27 heavy (non-hydrogen) atoms. The van der Waals surface area contributed by atoms with E-state index < -0.39 is 0 Å². The first-order valence-corrected chi connectivity index (χ1v) is 8.80. The molecule has 0 fully saturated rings. The van der Waals surface area contributed by atoms with Crippen LogP contribution in [0.4, 0.5) is 11.4 Å². The number of carbonyl (C=O) groups excluding carboxylic acids is 2. The zero-order valence-corrected chi connectivity index (χ0v) is 15.3. The second-order valence-corrected chi connectivity index (χ2v) is 6.59. The minimum absolute atomic E-state index is 0.0376. The number of nitrogens with one attached hydrogen (secondary N) is 3. The number of amides is 2. The predicted octanol–water partition coefficient (Wildman–Crippen LogP) is 3.64. The maximum atomic E-state index is 12.1. The van der Waals surface area contributed by atoms with Crippen LogP contribution in [0.3, 0.4) is 0 Å². The summed E-state index contributed by atoms with van der Waals surface area (Å²) in [5.41, 5.74) is 4.91. The van der Waals surface area contributed by atoms with Crippen LogP contribution in [0.1, 0.15) is 31.7 Å². The largest absolute Gasteiger partial charge is 0.496 e. The second-order valence-electron chi connectivity index (χ2n) is 6.59. The molecule has 1 atom stereocenters. The van der Waals surface area contributed by atoms with Crippen molar-refractivity contribution >= 4 is 34.2 Å². The summed E-state index contributed by atoms with van der Waals surface area (Å²) in [5.74, 6) is 1.04. The number of fused-ring (bicyclic) bond motifs is 2. The quantitative estimate of drug-likeness (QED) is 0.658. The van der Waals surface area contributed by atoms with Crippen LogP contribution in [0.25, 0.3) is 22.4 Å². The molecule has 0 radical (unpaired) electrons. The van der Waals surface area contributed by atoms with Gasteiger partial charge in [0.15, 0.2) is 0 Å². The first-order chi connectivity index (χ1) is 13.0. The number of hydrogen-bond acceptors (Lipinski definition) is 4. The van der Waals surface area contributed by atoms with Crippen molar-refractivity contribution in [3.63, 3.8) is 0 Å². The van der Waals surface area contributed by atoms with Gasteiger partial charge in [0.25, 0.3) is 0 Å². The van der Waals surface area contributed by atoms with Crippen LogP contribution in [0.2, 0.25) is 0 Å². The number of nitrogens with zero attached hydrogens (tertiary/aromatic N) is 1. The van der Waals surface area contributed by atoms with Gasteiger partial charge in [0.05, 0.1) is 29.6 Å². The van der Waals surface area contributed by atoms with Crippen molar-refractivity contribution in [2.24, 2.45) is 0 Å². The third-order valence-electron chi connectivity index (χ3n) is 4.79. The van der Waals surface area contributed by atoms with E-state index in [-0.39, 0.29) is 17.7 Å². The molecule has 1 aliphatic rings. The first-order valence-electron chi connectivity index (χ1n) is 8.80. The van der Waals surface area contributed by atoms with E-state index in [4.69, 9.17) is 4.74 Å². The summed E-state index contributed by atoms with van der Waals surface area (Å²) in [4.78, 5) is 31.3. The Morgan fingerprint density at radius 1 is 1.30 bits per heavy atom. The number of carbonyl (C=O) groups is 2. The molecular formula is C20H20N4O3. The zero-order valence-electron chi connectivity index (χ0n) is 15.3. The van der Waals surface area contributed by atoms with Crippen molar-refractivity contribution in [3.8, 4) is 17.1 Å². The molecule has 2 heterocycles. The van der Waals surface area contributed by atoms with Crippen molar-refractivity contribution in [1.29, 1.82) is 0 Å². The molecule has 0 bridgehead atoms. The number of aromatic amines is 1. The van der Waals surface area contributed by atoms with Gasteiger partial charge in [-0.3, -0.25) is 9.59 Å². The lowest BCUT2D eigenvalue weighted by Gasteiger charge is -2.09. The molecule has 138 valence electrons. The van der Waals surface area contributed by atoms with Crippen molar-refractivity contribution in [3.05, 3.63) is 35.9 Å². The van der Waals surface area contributed by atoms with Gasteiger partial charge in [-0.25, -0.2) is 4.98 Å². The van der Waals surface area contributed by atoms with Crippen molar-refractivity contribution in [1.82, 2.24) is 9.97 Å². The van der Waals surface area contributed by atoms with E-state index in [1.54, 1.807) is 19.2 Å². The van der Waals surface area contributed by atoms with Crippen LogP contribution < -0.4 is 15.4 Å². The van der Waals surface area contributed by atoms with Crippen LogP contribution >= 0.6 is 0 Å². The Balaban J connectivity index is 1.77. The van der Waals surface area contributed by atoms with Gasteiger partial charge in [-0.1, -0.05) is 6.92 Å². The second kappa shape index (κ2) is 6.42.